The zero-order valence-electron chi connectivity index (χ0n) is 17.2. The smallest absolute Gasteiger partial charge is 0.347 e. The van der Waals surface area contributed by atoms with Gasteiger partial charge in [-0.05, 0) is 63.4 Å². The Labute approximate surface area is 166 Å². The van der Waals surface area contributed by atoms with E-state index in [1.165, 1.54) is 12.1 Å². The highest BCUT2D eigenvalue weighted by atomic mass is 19.4. The number of amides is 1. The van der Waals surface area contributed by atoms with Crippen LogP contribution >= 0.6 is 0 Å². The second kappa shape index (κ2) is 9.74. The van der Waals surface area contributed by atoms with Crippen molar-refractivity contribution in [3.8, 4) is 0 Å². The molecule has 1 aromatic carbocycles. The van der Waals surface area contributed by atoms with Gasteiger partial charge in [-0.25, -0.2) is 0 Å². The Morgan fingerprint density at radius 2 is 1.89 bits per heavy atom. The molecule has 0 radical (unpaired) electrons. The zero-order valence-corrected chi connectivity index (χ0v) is 17.2. The van der Waals surface area contributed by atoms with E-state index in [4.69, 9.17) is 0 Å². The summed E-state index contributed by atoms with van der Waals surface area (Å²) in [6.45, 7) is 6.47. The molecule has 1 fully saturated rings. The van der Waals surface area contributed by atoms with Crippen molar-refractivity contribution in [3.05, 3.63) is 35.4 Å². The quantitative estimate of drug-likeness (QED) is 0.763. The van der Waals surface area contributed by atoms with E-state index < -0.39 is 11.7 Å². The standard InChI is InChI=1S/C21H32F3N3O/c1-5-27(19(20(28)26(3)4)17-9-11-25-12-10-17)15(2)13-16-7-6-8-18(14-16)21(22,23)24/h6-8,14-15,17,19,25H,5,9-13H2,1-4H3. The number of piperidine rings is 1. The molecule has 158 valence electrons. The first-order valence-electron chi connectivity index (χ1n) is 9.98. The van der Waals surface area contributed by atoms with E-state index in [1.54, 1.807) is 25.1 Å². The van der Waals surface area contributed by atoms with E-state index in [0.29, 0.717) is 18.5 Å². The van der Waals surface area contributed by atoms with Crippen molar-refractivity contribution < 1.29 is 18.0 Å². The molecule has 1 saturated heterocycles. The number of alkyl halides is 3. The van der Waals surface area contributed by atoms with Gasteiger partial charge in [-0.15, -0.1) is 0 Å². The average Bonchev–Trinajstić information content (AvgIpc) is 2.65. The van der Waals surface area contributed by atoms with Crippen molar-refractivity contribution in [1.29, 1.82) is 0 Å². The van der Waals surface area contributed by atoms with Crippen LogP contribution in [0.3, 0.4) is 0 Å². The lowest BCUT2D eigenvalue weighted by Crippen LogP contribution is -2.55. The summed E-state index contributed by atoms with van der Waals surface area (Å²) in [7, 11) is 3.53. The van der Waals surface area contributed by atoms with Crippen molar-refractivity contribution in [2.75, 3.05) is 33.7 Å². The number of nitrogens with one attached hydrogen (secondary N) is 1. The molecule has 1 aliphatic rings. The molecule has 1 amide bonds. The van der Waals surface area contributed by atoms with Gasteiger partial charge in [0.05, 0.1) is 11.6 Å². The molecule has 1 heterocycles. The number of carbonyl (C=O) groups excluding carboxylic acids is 1. The molecule has 0 saturated carbocycles. The number of halogens is 3. The van der Waals surface area contributed by atoms with Gasteiger partial charge < -0.3 is 10.2 Å². The number of carbonyl (C=O) groups is 1. The molecule has 0 aromatic heterocycles. The van der Waals surface area contributed by atoms with Crippen molar-refractivity contribution in [2.45, 2.75) is 51.4 Å². The summed E-state index contributed by atoms with van der Waals surface area (Å²) in [6.07, 6.45) is -2.02. The fraction of sp³-hybridized carbons (Fsp3) is 0.667. The lowest BCUT2D eigenvalue weighted by atomic mass is 9.87. The molecule has 1 N–H and O–H groups in total. The normalized spacial score (nSPS) is 18.1. The first-order chi connectivity index (χ1) is 13.1. The van der Waals surface area contributed by atoms with Crippen LogP contribution in [0.5, 0.6) is 0 Å². The lowest BCUT2D eigenvalue weighted by molar-refractivity contribution is -0.138. The monoisotopic (exact) mass is 399 g/mol. The number of likely N-dealkylation sites (N-methyl/N-ethyl adjacent to an activating group) is 2. The van der Waals surface area contributed by atoms with E-state index in [2.05, 4.69) is 10.2 Å². The van der Waals surface area contributed by atoms with Crippen LogP contribution in [0.25, 0.3) is 0 Å². The summed E-state index contributed by atoms with van der Waals surface area (Å²) in [5.41, 5.74) is 0.0154. The van der Waals surface area contributed by atoms with Crippen LogP contribution in [0, 0.1) is 5.92 Å². The summed E-state index contributed by atoms with van der Waals surface area (Å²) >= 11 is 0. The van der Waals surface area contributed by atoms with E-state index in [-0.39, 0.29) is 23.9 Å². The van der Waals surface area contributed by atoms with Crippen LogP contribution in [-0.2, 0) is 17.4 Å². The van der Waals surface area contributed by atoms with Gasteiger partial charge in [-0.1, -0.05) is 25.1 Å². The number of benzene rings is 1. The fourth-order valence-corrected chi connectivity index (χ4v) is 4.15. The van der Waals surface area contributed by atoms with Crippen LogP contribution in [0.1, 0.15) is 37.8 Å². The highest BCUT2D eigenvalue weighted by Crippen LogP contribution is 2.30. The molecule has 0 spiro atoms. The zero-order chi connectivity index (χ0) is 20.9. The molecular formula is C21H32F3N3O. The van der Waals surface area contributed by atoms with Gasteiger partial charge in [0, 0.05) is 20.1 Å². The molecule has 28 heavy (non-hydrogen) atoms. The van der Waals surface area contributed by atoms with E-state index in [9.17, 15) is 18.0 Å². The van der Waals surface area contributed by atoms with Crippen LogP contribution in [0.15, 0.2) is 24.3 Å². The topological polar surface area (TPSA) is 35.6 Å². The Balaban J connectivity index is 2.23. The predicted molar refractivity (Wildman–Crippen MR) is 105 cm³/mol. The summed E-state index contributed by atoms with van der Waals surface area (Å²) in [5, 5.41) is 3.33. The maximum Gasteiger partial charge on any atom is 0.416 e. The third-order valence-electron chi connectivity index (χ3n) is 5.60. The summed E-state index contributed by atoms with van der Waals surface area (Å²) in [5.74, 6) is 0.324. The van der Waals surface area contributed by atoms with Gasteiger partial charge in [0.1, 0.15) is 0 Å². The number of nitrogens with zero attached hydrogens (tertiary/aromatic N) is 2. The minimum Gasteiger partial charge on any atom is -0.347 e. The molecule has 1 aromatic rings. The van der Waals surface area contributed by atoms with Gasteiger partial charge in [0.15, 0.2) is 0 Å². The van der Waals surface area contributed by atoms with Crippen molar-refractivity contribution in [1.82, 2.24) is 15.1 Å². The van der Waals surface area contributed by atoms with Crippen LogP contribution in [0.2, 0.25) is 0 Å². The first kappa shape index (κ1) is 22.7. The van der Waals surface area contributed by atoms with Gasteiger partial charge >= 0.3 is 6.18 Å². The number of rotatable bonds is 7. The van der Waals surface area contributed by atoms with E-state index in [0.717, 1.165) is 32.0 Å². The first-order valence-corrected chi connectivity index (χ1v) is 9.98. The SMILES string of the molecule is CCN(C(C)Cc1cccc(C(F)(F)F)c1)C(C(=O)N(C)C)C1CCNCC1. The molecule has 1 aliphatic heterocycles. The molecule has 4 nitrogen and oxygen atoms in total. The van der Waals surface area contributed by atoms with Gasteiger partial charge in [0.25, 0.3) is 0 Å². The van der Waals surface area contributed by atoms with Gasteiger partial charge in [-0.2, -0.15) is 13.2 Å². The second-order valence-corrected chi connectivity index (χ2v) is 7.85. The lowest BCUT2D eigenvalue weighted by Gasteiger charge is -2.41. The molecule has 2 atom stereocenters. The molecule has 7 heteroatoms. The van der Waals surface area contributed by atoms with E-state index >= 15 is 0 Å². The summed E-state index contributed by atoms with van der Waals surface area (Å²) < 4.78 is 39.1. The largest absolute Gasteiger partial charge is 0.416 e. The maximum atomic E-state index is 13.0. The maximum absolute atomic E-state index is 13.0. The van der Waals surface area contributed by atoms with Crippen molar-refractivity contribution >= 4 is 5.91 Å². The Morgan fingerprint density at radius 3 is 2.43 bits per heavy atom. The predicted octanol–water partition coefficient (Wildman–Crippen LogP) is 3.41. The van der Waals surface area contributed by atoms with Gasteiger partial charge in [-0.3, -0.25) is 9.69 Å². The Morgan fingerprint density at radius 1 is 1.25 bits per heavy atom. The third-order valence-corrected chi connectivity index (χ3v) is 5.60. The van der Waals surface area contributed by atoms with Crippen LogP contribution in [-0.4, -0.2) is 61.5 Å². The van der Waals surface area contributed by atoms with Crippen molar-refractivity contribution in [2.24, 2.45) is 5.92 Å². The molecule has 2 rings (SSSR count). The molecule has 0 aliphatic carbocycles. The molecule has 0 bridgehead atoms. The van der Waals surface area contributed by atoms with Crippen LogP contribution in [0.4, 0.5) is 13.2 Å². The minimum absolute atomic E-state index is 0.0442. The molecular weight excluding hydrogens is 367 g/mol. The Hall–Kier alpha value is -1.60. The van der Waals surface area contributed by atoms with E-state index in [1.807, 2.05) is 13.8 Å². The summed E-state index contributed by atoms with van der Waals surface area (Å²) in [4.78, 5) is 16.8. The third kappa shape index (κ3) is 5.70. The van der Waals surface area contributed by atoms with Crippen molar-refractivity contribution in [3.63, 3.8) is 0 Å². The van der Waals surface area contributed by atoms with Gasteiger partial charge in [0.2, 0.25) is 5.91 Å². The Bertz CT molecular complexity index is 642. The fourth-order valence-electron chi connectivity index (χ4n) is 4.15. The van der Waals surface area contributed by atoms with Crippen LogP contribution < -0.4 is 5.32 Å². The Kier molecular flexibility index (Phi) is 7.89. The highest BCUT2D eigenvalue weighted by Gasteiger charge is 2.37. The molecule has 2 unspecified atom stereocenters. The number of hydrogen-bond acceptors (Lipinski definition) is 3. The second-order valence-electron chi connectivity index (χ2n) is 7.85. The number of hydrogen-bond donors (Lipinski definition) is 1. The summed E-state index contributed by atoms with van der Waals surface area (Å²) in [6, 6.07) is 5.21. The average molecular weight is 400 g/mol. The highest BCUT2D eigenvalue weighted by molar-refractivity contribution is 5.81. The minimum atomic E-state index is -4.35.